The molecule has 0 bridgehead atoms. The number of nitrogens with two attached hydrogens (primary N) is 1. The summed E-state index contributed by atoms with van der Waals surface area (Å²) in [6.07, 6.45) is 2.34. The minimum Gasteiger partial charge on any atom is -0.343 e. The number of hydrogen-bond donors (Lipinski definition) is 1. The zero-order valence-corrected chi connectivity index (χ0v) is 9.97. The van der Waals surface area contributed by atoms with Crippen LogP contribution in [0.15, 0.2) is 0 Å². The Bertz CT molecular complexity index is 173. The van der Waals surface area contributed by atoms with Crippen LogP contribution in [0.4, 0.5) is 0 Å². The first kappa shape index (κ1) is 13.4. The molecule has 0 atom stereocenters. The summed E-state index contributed by atoms with van der Waals surface area (Å²) in [5.74, 6) is 0.230. The van der Waals surface area contributed by atoms with Gasteiger partial charge >= 0.3 is 0 Å². The summed E-state index contributed by atoms with van der Waals surface area (Å²) in [6.45, 7) is 9.68. The molecule has 0 saturated carbocycles. The fourth-order valence-electron chi connectivity index (χ4n) is 1.32. The number of rotatable bonds is 6. The third kappa shape index (κ3) is 5.97. The molecule has 84 valence electrons. The van der Waals surface area contributed by atoms with Gasteiger partial charge in [-0.2, -0.15) is 0 Å². The van der Waals surface area contributed by atoms with Crippen LogP contribution in [0.1, 0.15) is 47.0 Å². The van der Waals surface area contributed by atoms with Crippen LogP contribution in [0.5, 0.6) is 0 Å². The van der Waals surface area contributed by atoms with E-state index in [9.17, 15) is 4.79 Å². The van der Waals surface area contributed by atoms with Gasteiger partial charge in [0.1, 0.15) is 0 Å². The SMILES string of the molecule is CCCN(CC)C(=O)CCC(C)(C)N. The molecule has 0 aliphatic heterocycles. The van der Waals surface area contributed by atoms with Crippen LogP contribution >= 0.6 is 0 Å². The Morgan fingerprint density at radius 2 is 1.93 bits per heavy atom. The van der Waals surface area contributed by atoms with Crippen molar-refractivity contribution in [1.82, 2.24) is 4.90 Å². The summed E-state index contributed by atoms with van der Waals surface area (Å²) in [6, 6.07) is 0. The number of nitrogens with zero attached hydrogens (tertiary/aromatic N) is 1. The standard InChI is InChI=1S/C11H24N2O/c1-5-9-13(6-2)10(14)7-8-11(3,4)12/h5-9,12H2,1-4H3. The average molecular weight is 200 g/mol. The maximum absolute atomic E-state index is 11.7. The Hall–Kier alpha value is -0.570. The van der Waals surface area contributed by atoms with Crippen molar-refractivity contribution in [3.05, 3.63) is 0 Å². The van der Waals surface area contributed by atoms with Crippen molar-refractivity contribution in [3.8, 4) is 0 Å². The van der Waals surface area contributed by atoms with Crippen molar-refractivity contribution < 1.29 is 4.79 Å². The zero-order valence-electron chi connectivity index (χ0n) is 9.97. The van der Waals surface area contributed by atoms with Crippen molar-refractivity contribution in [2.24, 2.45) is 5.73 Å². The molecule has 0 aromatic rings. The van der Waals surface area contributed by atoms with Crippen LogP contribution in [-0.2, 0) is 4.79 Å². The Morgan fingerprint density at radius 3 is 2.29 bits per heavy atom. The molecule has 0 radical (unpaired) electrons. The highest BCUT2D eigenvalue weighted by Gasteiger charge is 2.16. The highest BCUT2D eigenvalue weighted by atomic mass is 16.2. The van der Waals surface area contributed by atoms with E-state index >= 15 is 0 Å². The van der Waals surface area contributed by atoms with Gasteiger partial charge in [-0.05, 0) is 33.6 Å². The maximum Gasteiger partial charge on any atom is 0.222 e. The summed E-state index contributed by atoms with van der Waals surface area (Å²) < 4.78 is 0. The van der Waals surface area contributed by atoms with Gasteiger partial charge in [0.15, 0.2) is 0 Å². The lowest BCUT2D eigenvalue weighted by Gasteiger charge is -2.23. The van der Waals surface area contributed by atoms with Crippen LogP contribution in [0.2, 0.25) is 0 Å². The average Bonchev–Trinajstić information content (AvgIpc) is 2.09. The first-order valence-electron chi connectivity index (χ1n) is 5.47. The Kier molecular flexibility index (Phi) is 5.77. The highest BCUT2D eigenvalue weighted by molar-refractivity contribution is 5.76. The lowest BCUT2D eigenvalue weighted by Crippen LogP contribution is -2.36. The molecule has 2 N–H and O–H groups in total. The minimum atomic E-state index is -0.235. The summed E-state index contributed by atoms with van der Waals surface area (Å²) in [5, 5.41) is 0. The molecule has 0 unspecified atom stereocenters. The van der Waals surface area contributed by atoms with E-state index in [0.29, 0.717) is 6.42 Å². The van der Waals surface area contributed by atoms with Crippen LogP contribution in [0.25, 0.3) is 0 Å². The van der Waals surface area contributed by atoms with Crippen molar-refractivity contribution in [2.45, 2.75) is 52.5 Å². The van der Waals surface area contributed by atoms with Gasteiger partial charge in [-0.15, -0.1) is 0 Å². The van der Waals surface area contributed by atoms with E-state index in [4.69, 9.17) is 5.73 Å². The lowest BCUT2D eigenvalue weighted by atomic mass is 10.00. The molecule has 3 heteroatoms. The van der Waals surface area contributed by atoms with Crippen LogP contribution in [0, 0.1) is 0 Å². The predicted octanol–water partition coefficient (Wildman–Crippen LogP) is 1.76. The Labute approximate surface area is 87.6 Å². The zero-order chi connectivity index (χ0) is 11.2. The van der Waals surface area contributed by atoms with Gasteiger partial charge in [0.05, 0.1) is 0 Å². The summed E-state index contributed by atoms with van der Waals surface area (Å²) in [4.78, 5) is 13.6. The number of hydrogen-bond acceptors (Lipinski definition) is 2. The molecule has 0 aromatic carbocycles. The smallest absolute Gasteiger partial charge is 0.222 e. The third-order valence-corrected chi connectivity index (χ3v) is 2.21. The van der Waals surface area contributed by atoms with E-state index in [-0.39, 0.29) is 11.4 Å². The van der Waals surface area contributed by atoms with Gasteiger partial charge in [0.2, 0.25) is 5.91 Å². The molecule has 0 rings (SSSR count). The first-order chi connectivity index (χ1) is 6.40. The molecular weight excluding hydrogens is 176 g/mol. The van der Waals surface area contributed by atoms with Gasteiger partial charge < -0.3 is 10.6 Å². The Balaban J connectivity index is 3.93. The summed E-state index contributed by atoms with van der Waals surface area (Å²) >= 11 is 0. The van der Waals surface area contributed by atoms with Crippen molar-refractivity contribution >= 4 is 5.91 Å². The second kappa shape index (κ2) is 6.02. The van der Waals surface area contributed by atoms with E-state index in [1.807, 2.05) is 25.7 Å². The van der Waals surface area contributed by atoms with Gasteiger partial charge in [0.25, 0.3) is 0 Å². The fraction of sp³-hybridized carbons (Fsp3) is 0.909. The fourth-order valence-corrected chi connectivity index (χ4v) is 1.32. The summed E-state index contributed by atoms with van der Waals surface area (Å²) in [5.41, 5.74) is 5.59. The highest BCUT2D eigenvalue weighted by Crippen LogP contribution is 2.09. The van der Waals surface area contributed by atoms with E-state index in [0.717, 1.165) is 25.9 Å². The molecular formula is C11H24N2O. The van der Waals surface area contributed by atoms with Crippen LogP contribution < -0.4 is 5.73 Å². The molecule has 0 aliphatic carbocycles. The molecule has 14 heavy (non-hydrogen) atoms. The van der Waals surface area contributed by atoms with E-state index in [1.165, 1.54) is 0 Å². The quantitative estimate of drug-likeness (QED) is 0.710. The largest absolute Gasteiger partial charge is 0.343 e. The molecule has 0 aromatic heterocycles. The van der Waals surface area contributed by atoms with Crippen molar-refractivity contribution in [1.29, 1.82) is 0 Å². The first-order valence-corrected chi connectivity index (χ1v) is 5.47. The molecule has 0 heterocycles. The molecule has 0 aliphatic rings. The third-order valence-electron chi connectivity index (χ3n) is 2.21. The second-order valence-corrected chi connectivity index (χ2v) is 4.46. The predicted molar refractivity (Wildman–Crippen MR) is 60.0 cm³/mol. The Morgan fingerprint density at radius 1 is 1.36 bits per heavy atom. The second-order valence-electron chi connectivity index (χ2n) is 4.46. The maximum atomic E-state index is 11.7. The van der Waals surface area contributed by atoms with E-state index in [1.54, 1.807) is 0 Å². The lowest BCUT2D eigenvalue weighted by molar-refractivity contribution is -0.131. The van der Waals surface area contributed by atoms with Gasteiger partial charge in [-0.25, -0.2) is 0 Å². The van der Waals surface area contributed by atoms with Gasteiger partial charge in [-0.3, -0.25) is 4.79 Å². The van der Waals surface area contributed by atoms with Crippen LogP contribution in [0.3, 0.4) is 0 Å². The minimum absolute atomic E-state index is 0.230. The molecule has 0 saturated heterocycles. The topological polar surface area (TPSA) is 46.3 Å². The molecule has 0 spiro atoms. The van der Waals surface area contributed by atoms with Crippen LogP contribution in [-0.4, -0.2) is 29.4 Å². The summed E-state index contributed by atoms with van der Waals surface area (Å²) in [7, 11) is 0. The van der Waals surface area contributed by atoms with Gasteiger partial charge in [0, 0.05) is 25.0 Å². The van der Waals surface area contributed by atoms with Crippen molar-refractivity contribution in [3.63, 3.8) is 0 Å². The monoisotopic (exact) mass is 200 g/mol. The molecule has 1 amide bonds. The number of carbonyl (C=O) groups excluding carboxylic acids is 1. The number of amides is 1. The van der Waals surface area contributed by atoms with Crippen molar-refractivity contribution in [2.75, 3.05) is 13.1 Å². The van der Waals surface area contributed by atoms with Gasteiger partial charge in [-0.1, -0.05) is 6.92 Å². The normalized spacial score (nSPS) is 11.5. The number of carbonyl (C=O) groups is 1. The van der Waals surface area contributed by atoms with E-state index in [2.05, 4.69) is 6.92 Å². The molecule has 3 nitrogen and oxygen atoms in total. The van der Waals surface area contributed by atoms with E-state index < -0.39 is 0 Å². The molecule has 0 fully saturated rings.